The third kappa shape index (κ3) is 18.8. The molecule has 0 atom stereocenters. The highest BCUT2D eigenvalue weighted by Crippen LogP contribution is 2.48. The summed E-state index contributed by atoms with van der Waals surface area (Å²) >= 11 is 0. The molecule has 0 N–H and O–H groups in total. The third-order valence-corrected chi connectivity index (χ3v) is 28.5. The minimum absolute atomic E-state index is 1.11. The first-order valence-corrected chi connectivity index (χ1v) is 49.8. The molecular weight excluding hydrogens is 1750 g/mol. The highest BCUT2D eigenvalue weighted by Gasteiger charge is 2.23. The number of anilines is 15. The molecule has 0 radical (unpaired) electrons. The van der Waals surface area contributed by atoms with E-state index in [4.69, 9.17) is 0 Å². The lowest BCUT2D eigenvalue weighted by molar-refractivity contribution is 1.20. The van der Waals surface area contributed by atoms with E-state index in [1.165, 1.54) is 170 Å². The Hall–Kier alpha value is -18.6. The van der Waals surface area contributed by atoms with Crippen LogP contribution in [0.1, 0.15) is 11.1 Å². The van der Waals surface area contributed by atoms with Gasteiger partial charge in [0.1, 0.15) is 0 Å². The molecule has 0 heterocycles. The summed E-state index contributed by atoms with van der Waals surface area (Å²) in [4.78, 5) is 13.8. The third-order valence-electron chi connectivity index (χ3n) is 28.5. The van der Waals surface area contributed by atoms with Crippen molar-refractivity contribution in [3.8, 4) is 66.8 Å². The van der Waals surface area contributed by atoms with Gasteiger partial charge >= 0.3 is 0 Å². The largest absolute Gasteiger partial charge is 0.345 e. The Morgan fingerprint density at radius 2 is 0.359 bits per heavy atom. The lowest BCUT2D eigenvalue weighted by Gasteiger charge is -2.26. The summed E-state index contributed by atoms with van der Waals surface area (Å²) in [5, 5.41) is 17.9. The van der Waals surface area contributed by atoms with Gasteiger partial charge in [-0.1, -0.05) is 382 Å². The smallest absolute Gasteiger partial charge is 0.0488 e. The van der Waals surface area contributed by atoms with Crippen molar-refractivity contribution < 1.29 is 0 Å². The molecule has 0 aliphatic carbocycles. The molecule has 145 heavy (non-hydrogen) atoms. The van der Waals surface area contributed by atoms with Gasteiger partial charge in [-0.3, -0.25) is 0 Å². The number of benzene rings is 25. The molecule has 0 saturated heterocycles. The van der Waals surface area contributed by atoms with Gasteiger partial charge in [0.2, 0.25) is 0 Å². The van der Waals surface area contributed by atoms with E-state index in [1.54, 1.807) is 0 Å². The summed E-state index contributed by atoms with van der Waals surface area (Å²) in [5.41, 5.74) is 34.1. The van der Waals surface area contributed by atoms with E-state index >= 15 is 0 Å². The van der Waals surface area contributed by atoms with Gasteiger partial charge in [0.25, 0.3) is 0 Å². The topological polar surface area (TPSA) is 19.4 Å². The van der Waals surface area contributed by atoms with Crippen LogP contribution in [0.4, 0.5) is 85.3 Å². The van der Waals surface area contributed by atoms with Gasteiger partial charge < -0.3 is 29.4 Å². The van der Waals surface area contributed by atoms with Crippen molar-refractivity contribution in [1.29, 1.82) is 0 Å². The van der Waals surface area contributed by atoms with Crippen LogP contribution in [0.25, 0.3) is 142 Å². The van der Waals surface area contributed by atoms with Crippen LogP contribution in [0, 0.1) is 13.8 Å². The zero-order chi connectivity index (χ0) is 97.6. The molecule has 0 spiro atoms. The van der Waals surface area contributed by atoms with E-state index in [-0.39, 0.29) is 0 Å². The Bertz CT molecular complexity index is 8800. The van der Waals surface area contributed by atoms with E-state index in [9.17, 15) is 0 Å². The Labute approximate surface area is 849 Å². The van der Waals surface area contributed by atoms with E-state index in [0.717, 1.165) is 68.2 Å². The van der Waals surface area contributed by atoms with Crippen LogP contribution in [0.3, 0.4) is 0 Å². The monoisotopic (exact) mass is 1860 g/mol. The first-order chi connectivity index (χ1) is 71.4. The van der Waals surface area contributed by atoms with Crippen molar-refractivity contribution in [3.05, 3.63) is 563 Å². The van der Waals surface area contributed by atoms with E-state index in [1.807, 2.05) is 0 Å². The molecule has 25 aromatic rings. The molecule has 25 rings (SSSR count). The number of hydrogen-bond donors (Lipinski definition) is 0. The molecule has 0 saturated carbocycles. The second-order valence-corrected chi connectivity index (χ2v) is 37.5. The normalized spacial score (nSPS) is 11.2. The van der Waals surface area contributed by atoms with Crippen molar-refractivity contribution >= 4 is 161 Å². The second-order valence-electron chi connectivity index (χ2n) is 37.5. The Kier molecular flexibility index (Phi) is 25.1. The summed E-state index contributed by atoms with van der Waals surface area (Å²) in [6.07, 6.45) is 0. The van der Waals surface area contributed by atoms with Crippen LogP contribution in [-0.2, 0) is 0 Å². The maximum Gasteiger partial charge on any atom is 0.0488 e. The number of aryl methyl sites for hydroxylation is 2. The average Bonchev–Trinajstić information content (AvgIpc) is 0.714. The molecule has 0 amide bonds. The number of rotatable bonds is 21. The quantitative estimate of drug-likeness (QED) is 0.0524. The van der Waals surface area contributed by atoms with Crippen molar-refractivity contribution in [2.75, 3.05) is 50.5 Å². The summed E-state index contributed by atoms with van der Waals surface area (Å²) < 4.78 is 0. The lowest BCUT2D eigenvalue weighted by Crippen LogP contribution is -2.10. The predicted octanol–water partition coefficient (Wildman–Crippen LogP) is 38.9. The summed E-state index contributed by atoms with van der Waals surface area (Å²) in [7, 11) is 6.41. The van der Waals surface area contributed by atoms with Crippen molar-refractivity contribution in [2.24, 2.45) is 0 Å². The average molecular weight is 1860 g/mol. The first-order valence-electron chi connectivity index (χ1n) is 49.8. The lowest BCUT2D eigenvalue weighted by atomic mass is 9.89. The minimum Gasteiger partial charge on any atom is -0.345 e. The van der Waals surface area contributed by atoms with Crippen molar-refractivity contribution in [3.63, 3.8) is 0 Å². The summed E-state index contributed by atoms with van der Waals surface area (Å²) in [5.74, 6) is 0. The standard InChI is InChI=1S/C55H38N2.2C42H34N2/c1-56(53-35-34-51-49-17-8-15-42-14-7-16-48(54(42)49)50-18-9-19-52(53)55(50)51)44-27-20-40(21-28-44)41-24-31-46(32-25-41)57(47-33-26-38-12-5-6-13-43(38)36-47)45-29-22-39(23-30-45)37-10-3-2-4-11-37;1-31-9-8-14-41(29-31)43(2)38-22-15-35(16-23-38)36-19-26-40(27-20-36)44(42-28-21-33-12-6-7-13-37(33)30-42)39-24-17-34(18-25-39)32-10-4-3-5-11-32;1-31-12-21-38(22-13-31)43(2)39-23-14-35(15-24-39)36-18-27-41(28-19-36)44(42-29-20-33-10-6-7-11-37(33)30-42)40-25-16-34(17-26-40)32-8-4-3-5-9-32/h2-36H,1H3;2*3-30H,1-2H3. The molecule has 0 aromatic heterocycles. The molecule has 0 aliphatic rings. The van der Waals surface area contributed by atoms with Crippen molar-refractivity contribution in [1.82, 2.24) is 0 Å². The fourth-order valence-corrected chi connectivity index (χ4v) is 20.6. The van der Waals surface area contributed by atoms with Gasteiger partial charge in [0, 0.05) is 112 Å². The minimum atomic E-state index is 1.11. The van der Waals surface area contributed by atoms with Gasteiger partial charge in [-0.2, -0.15) is 0 Å². The fraction of sp³-hybridized carbons (Fsp3) is 0.0360. The van der Waals surface area contributed by atoms with Gasteiger partial charge in [0.15, 0.2) is 0 Å². The number of nitrogens with zero attached hydrogens (tertiary/aromatic N) is 6. The van der Waals surface area contributed by atoms with Crippen LogP contribution in [-0.4, -0.2) is 21.1 Å². The van der Waals surface area contributed by atoms with Crippen LogP contribution >= 0.6 is 0 Å². The Morgan fingerprint density at radius 1 is 0.124 bits per heavy atom. The molecule has 6 nitrogen and oxygen atoms in total. The highest BCUT2D eigenvalue weighted by atomic mass is 15.2. The molecule has 0 aliphatic heterocycles. The maximum atomic E-state index is 2.35. The SMILES string of the molecule is CN(c1ccc(-c2ccc(N(c3ccc(-c4ccccc4)cc3)c3ccc4ccccc4c3)cc2)cc1)c1ccc2c3cccc4cccc(c5cccc1c52)c43.Cc1ccc(N(C)c2ccc(-c3ccc(N(c4ccc(-c5ccccc5)cc4)c4ccc5ccccc5c4)cc3)cc2)cc1.Cc1cccc(N(C)c2ccc(-c3ccc(N(c4ccc(-c5ccccc5)cc4)c4ccc5ccccc5c4)cc3)cc2)c1. The fourth-order valence-electron chi connectivity index (χ4n) is 20.6. The second kappa shape index (κ2) is 40.3. The zero-order valence-electron chi connectivity index (χ0n) is 81.7. The van der Waals surface area contributed by atoms with Crippen LogP contribution in [0.15, 0.2) is 552 Å². The first kappa shape index (κ1) is 90.2. The van der Waals surface area contributed by atoms with E-state index in [0.29, 0.717) is 0 Å². The highest BCUT2D eigenvalue weighted by molar-refractivity contribution is 6.34. The van der Waals surface area contributed by atoms with E-state index < -0.39 is 0 Å². The van der Waals surface area contributed by atoms with Crippen LogP contribution in [0.5, 0.6) is 0 Å². The van der Waals surface area contributed by atoms with E-state index in [2.05, 4.69) is 616 Å². The van der Waals surface area contributed by atoms with Gasteiger partial charge in [-0.25, -0.2) is 0 Å². The Balaban J connectivity index is 0.000000122. The van der Waals surface area contributed by atoms with Crippen molar-refractivity contribution in [2.45, 2.75) is 13.8 Å². The molecule has 6 heteroatoms. The molecule has 25 aromatic carbocycles. The van der Waals surface area contributed by atoms with Crippen LogP contribution in [0.2, 0.25) is 0 Å². The number of hydrogen-bond acceptors (Lipinski definition) is 6. The van der Waals surface area contributed by atoms with Gasteiger partial charge in [0.05, 0.1) is 0 Å². The Morgan fingerprint density at radius 3 is 0.683 bits per heavy atom. The summed E-state index contributed by atoms with van der Waals surface area (Å²) in [6.45, 7) is 4.25. The molecular formula is C139H106N6. The number of fused-ring (bicyclic) bond motifs is 5. The molecule has 692 valence electrons. The molecule has 0 fully saturated rings. The van der Waals surface area contributed by atoms with Gasteiger partial charge in [-0.15, -0.1) is 0 Å². The predicted molar refractivity (Wildman–Crippen MR) is 623 cm³/mol. The van der Waals surface area contributed by atoms with Gasteiger partial charge in [-0.05, 0) is 332 Å². The summed E-state index contributed by atoms with van der Waals surface area (Å²) in [6, 6.07) is 199. The maximum absolute atomic E-state index is 2.35. The molecule has 0 unspecified atom stereocenters. The zero-order valence-corrected chi connectivity index (χ0v) is 81.7. The van der Waals surface area contributed by atoms with Crippen LogP contribution < -0.4 is 29.4 Å². The molecule has 0 bridgehead atoms.